The molecule has 0 bridgehead atoms. The van der Waals surface area contributed by atoms with Gasteiger partial charge in [-0.2, -0.15) is 0 Å². The van der Waals surface area contributed by atoms with E-state index in [-0.39, 0.29) is 0 Å². The van der Waals surface area contributed by atoms with Crippen LogP contribution >= 0.6 is 0 Å². The number of aromatic nitrogens is 2. The zero-order valence-corrected chi connectivity index (χ0v) is 12.5. The highest BCUT2D eigenvalue weighted by atomic mass is 15.2. The molecule has 0 aliphatic heterocycles. The lowest BCUT2D eigenvalue weighted by molar-refractivity contribution is 0.639. The molecule has 0 unspecified atom stereocenters. The van der Waals surface area contributed by atoms with Crippen LogP contribution < -0.4 is 0 Å². The van der Waals surface area contributed by atoms with E-state index in [0.29, 0.717) is 0 Å². The topological polar surface area (TPSA) is 33.4 Å². The van der Waals surface area contributed by atoms with Crippen molar-refractivity contribution in [3.63, 3.8) is 0 Å². The van der Waals surface area contributed by atoms with Crippen LogP contribution in [0.1, 0.15) is 24.6 Å². The molecule has 0 radical (unpaired) electrons. The fraction of sp³-hybridized carbons (Fsp3) is 0.375. The minimum absolute atomic E-state index is 0.817. The smallest absolute Gasteiger partial charge is 0.157 e. The highest BCUT2D eigenvalue weighted by molar-refractivity contribution is 5.60. The van der Waals surface area contributed by atoms with Gasteiger partial charge < -0.3 is 9.47 Å². The lowest BCUT2D eigenvalue weighted by Gasteiger charge is -2.07. The third-order valence-corrected chi connectivity index (χ3v) is 2.97. The molecule has 2 rings (SSSR count). The molecule has 1 aromatic carbocycles. The summed E-state index contributed by atoms with van der Waals surface area (Å²) in [5, 5.41) is 0. The third-order valence-electron chi connectivity index (χ3n) is 2.97. The molecule has 4 heteroatoms. The quantitative estimate of drug-likeness (QED) is 0.597. The summed E-state index contributed by atoms with van der Waals surface area (Å²) < 4.78 is 2.12. The SMILES string of the molecule is CCCn1cnc(Cc2ccccc2)c1/N=C/N(C)C. The summed E-state index contributed by atoms with van der Waals surface area (Å²) in [5.74, 6) is 0.962. The van der Waals surface area contributed by atoms with Crippen LogP contribution in [0, 0.1) is 0 Å². The van der Waals surface area contributed by atoms with Gasteiger partial charge in [0.1, 0.15) is 0 Å². The molecule has 106 valence electrons. The van der Waals surface area contributed by atoms with E-state index in [9.17, 15) is 0 Å². The summed E-state index contributed by atoms with van der Waals surface area (Å²) >= 11 is 0. The van der Waals surface area contributed by atoms with E-state index < -0.39 is 0 Å². The molecule has 2 aromatic rings. The molecule has 0 N–H and O–H groups in total. The van der Waals surface area contributed by atoms with E-state index in [1.807, 2.05) is 37.7 Å². The molecule has 4 nitrogen and oxygen atoms in total. The van der Waals surface area contributed by atoms with Gasteiger partial charge in [-0.25, -0.2) is 9.98 Å². The predicted octanol–water partition coefficient (Wildman–Crippen LogP) is 3.11. The van der Waals surface area contributed by atoms with Gasteiger partial charge in [0.05, 0.1) is 18.4 Å². The van der Waals surface area contributed by atoms with Crippen LogP contribution in [-0.2, 0) is 13.0 Å². The van der Waals surface area contributed by atoms with Crippen molar-refractivity contribution in [2.75, 3.05) is 14.1 Å². The maximum Gasteiger partial charge on any atom is 0.157 e. The Morgan fingerprint density at radius 2 is 2.00 bits per heavy atom. The maximum absolute atomic E-state index is 4.58. The lowest BCUT2D eigenvalue weighted by Crippen LogP contribution is -2.08. The number of imidazole rings is 1. The van der Waals surface area contributed by atoms with Crippen LogP contribution in [0.4, 0.5) is 5.82 Å². The Hall–Kier alpha value is -2.10. The van der Waals surface area contributed by atoms with E-state index >= 15 is 0 Å². The summed E-state index contributed by atoms with van der Waals surface area (Å²) in [6.07, 6.45) is 5.62. The Kier molecular flexibility index (Phi) is 4.93. The van der Waals surface area contributed by atoms with Crippen molar-refractivity contribution in [2.45, 2.75) is 26.3 Å². The van der Waals surface area contributed by atoms with Crippen molar-refractivity contribution in [3.05, 3.63) is 47.9 Å². The zero-order valence-electron chi connectivity index (χ0n) is 12.5. The maximum atomic E-state index is 4.58. The second-order valence-electron chi connectivity index (χ2n) is 5.08. The van der Waals surface area contributed by atoms with Crippen molar-refractivity contribution in [1.29, 1.82) is 0 Å². The van der Waals surface area contributed by atoms with E-state index in [0.717, 1.165) is 30.9 Å². The monoisotopic (exact) mass is 270 g/mol. The molecule has 1 heterocycles. The molecule has 0 aliphatic carbocycles. The van der Waals surface area contributed by atoms with Crippen LogP contribution in [0.3, 0.4) is 0 Å². The summed E-state index contributed by atoms with van der Waals surface area (Å²) in [6, 6.07) is 10.4. The second-order valence-corrected chi connectivity index (χ2v) is 5.08. The van der Waals surface area contributed by atoms with E-state index in [1.165, 1.54) is 5.56 Å². The number of aryl methyl sites for hydroxylation is 1. The van der Waals surface area contributed by atoms with Crippen LogP contribution in [0.15, 0.2) is 41.7 Å². The van der Waals surface area contributed by atoms with Gasteiger partial charge in [-0.3, -0.25) is 0 Å². The zero-order chi connectivity index (χ0) is 14.4. The first-order valence-corrected chi connectivity index (χ1v) is 6.99. The van der Waals surface area contributed by atoms with Gasteiger partial charge in [0.25, 0.3) is 0 Å². The average molecular weight is 270 g/mol. The van der Waals surface area contributed by atoms with Gasteiger partial charge in [0.2, 0.25) is 0 Å². The molecular weight excluding hydrogens is 248 g/mol. The molecule has 0 saturated heterocycles. The van der Waals surface area contributed by atoms with Crippen molar-refractivity contribution in [2.24, 2.45) is 4.99 Å². The molecule has 0 aliphatic rings. The highest BCUT2D eigenvalue weighted by Crippen LogP contribution is 2.21. The summed E-state index contributed by atoms with van der Waals surface area (Å²) in [6.45, 7) is 3.11. The minimum atomic E-state index is 0.817. The van der Waals surface area contributed by atoms with Gasteiger partial charge in [0.15, 0.2) is 5.82 Å². The fourth-order valence-corrected chi connectivity index (χ4v) is 2.05. The Morgan fingerprint density at radius 3 is 2.65 bits per heavy atom. The molecule has 20 heavy (non-hydrogen) atoms. The van der Waals surface area contributed by atoms with Gasteiger partial charge in [-0.15, -0.1) is 0 Å². The van der Waals surface area contributed by atoms with E-state index in [4.69, 9.17) is 0 Å². The Morgan fingerprint density at radius 1 is 1.25 bits per heavy atom. The molecule has 0 amide bonds. The molecule has 0 spiro atoms. The number of aliphatic imine (C=N–C) groups is 1. The van der Waals surface area contributed by atoms with Crippen molar-refractivity contribution < 1.29 is 0 Å². The highest BCUT2D eigenvalue weighted by Gasteiger charge is 2.10. The van der Waals surface area contributed by atoms with E-state index in [2.05, 4.69) is 45.7 Å². The second kappa shape index (κ2) is 6.89. The van der Waals surface area contributed by atoms with Gasteiger partial charge in [-0.1, -0.05) is 37.3 Å². The number of hydrogen-bond donors (Lipinski definition) is 0. The van der Waals surface area contributed by atoms with Crippen LogP contribution in [0.25, 0.3) is 0 Å². The molecule has 0 atom stereocenters. The largest absolute Gasteiger partial charge is 0.369 e. The average Bonchev–Trinajstić information content (AvgIpc) is 2.80. The van der Waals surface area contributed by atoms with Crippen molar-refractivity contribution in [1.82, 2.24) is 14.5 Å². The number of nitrogens with zero attached hydrogens (tertiary/aromatic N) is 4. The molecule has 0 saturated carbocycles. The fourth-order valence-electron chi connectivity index (χ4n) is 2.05. The number of rotatable bonds is 6. The first-order chi connectivity index (χ1) is 9.70. The summed E-state index contributed by atoms with van der Waals surface area (Å²) in [7, 11) is 3.95. The van der Waals surface area contributed by atoms with Crippen molar-refractivity contribution >= 4 is 12.2 Å². The lowest BCUT2D eigenvalue weighted by atomic mass is 10.1. The first kappa shape index (κ1) is 14.3. The van der Waals surface area contributed by atoms with Crippen LogP contribution in [-0.4, -0.2) is 34.9 Å². The van der Waals surface area contributed by atoms with Crippen LogP contribution in [0.2, 0.25) is 0 Å². The number of benzene rings is 1. The van der Waals surface area contributed by atoms with Crippen LogP contribution in [0.5, 0.6) is 0 Å². The van der Waals surface area contributed by atoms with Gasteiger partial charge in [0, 0.05) is 27.1 Å². The summed E-state index contributed by atoms with van der Waals surface area (Å²) in [5.41, 5.74) is 2.29. The molecular formula is C16H22N4. The van der Waals surface area contributed by atoms with Gasteiger partial charge in [-0.05, 0) is 12.0 Å². The van der Waals surface area contributed by atoms with E-state index in [1.54, 1.807) is 0 Å². The standard InChI is InChI=1S/C16H22N4/c1-4-10-20-13-17-15(16(20)18-12-19(2)3)11-14-8-6-5-7-9-14/h5-9,12-13H,4,10-11H2,1-3H3/b18-12+. The minimum Gasteiger partial charge on any atom is -0.369 e. The predicted molar refractivity (Wildman–Crippen MR) is 83.6 cm³/mol. The Bertz CT molecular complexity index is 555. The first-order valence-electron chi connectivity index (χ1n) is 6.99. The van der Waals surface area contributed by atoms with Gasteiger partial charge >= 0.3 is 0 Å². The number of hydrogen-bond acceptors (Lipinski definition) is 2. The Labute approximate surface area is 120 Å². The molecule has 1 aromatic heterocycles. The normalized spacial score (nSPS) is 11.2. The summed E-state index contributed by atoms with van der Waals surface area (Å²) in [4.78, 5) is 11.1. The van der Waals surface area contributed by atoms with Crippen molar-refractivity contribution in [3.8, 4) is 0 Å². The Balaban J connectivity index is 2.27. The third kappa shape index (κ3) is 3.70. The molecule has 0 fully saturated rings.